The van der Waals surface area contributed by atoms with Gasteiger partial charge >= 0.3 is 0 Å². The Bertz CT molecular complexity index is 1510. The van der Waals surface area contributed by atoms with Crippen LogP contribution in [0.2, 0.25) is 0 Å². The number of carbonyl (C=O) groups is 1. The fourth-order valence-corrected chi connectivity index (χ4v) is 4.66. The molecule has 186 valence electrons. The van der Waals surface area contributed by atoms with E-state index in [0.717, 1.165) is 16.8 Å². The van der Waals surface area contributed by atoms with Gasteiger partial charge in [-0.1, -0.05) is 36.9 Å². The number of nitrogens with zero attached hydrogens (tertiary/aromatic N) is 3. The predicted molar refractivity (Wildman–Crippen MR) is 140 cm³/mol. The van der Waals surface area contributed by atoms with Gasteiger partial charge in [-0.15, -0.1) is 0 Å². The normalized spacial score (nSPS) is 12.6. The number of benzene rings is 2. The minimum absolute atomic E-state index is 0.131. The largest absolute Gasteiger partial charge is 0.490 e. The molecule has 37 heavy (non-hydrogen) atoms. The molecule has 0 saturated carbocycles. The molecule has 0 N–H and O–H groups in total. The minimum Gasteiger partial charge on any atom is -0.490 e. The van der Waals surface area contributed by atoms with Crippen molar-refractivity contribution in [3.05, 3.63) is 130 Å². The fraction of sp³-hybridized carbons (Fsp3) is 0.167. The number of hydrogen-bond acceptors (Lipinski definition) is 4. The second-order valence-corrected chi connectivity index (χ2v) is 8.86. The Morgan fingerprint density at radius 3 is 2.65 bits per heavy atom. The van der Waals surface area contributed by atoms with Crippen LogP contribution in [-0.4, -0.2) is 33.5 Å². The molecule has 0 bridgehead atoms. The zero-order chi connectivity index (χ0) is 25.8. The number of aromatic nitrogens is 2. The molecule has 0 aliphatic carbocycles. The summed E-state index contributed by atoms with van der Waals surface area (Å²) in [5.41, 5.74) is 3.38. The molecule has 0 atom stereocenters. The Labute approximate surface area is 214 Å². The van der Waals surface area contributed by atoms with Crippen LogP contribution in [-0.2, 0) is 19.5 Å². The van der Waals surface area contributed by atoms with Gasteiger partial charge in [-0.3, -0.25) is 14.6 Å². The van der Waals surface area contributed by atoms with Crippen molar-refractivity contribution in [3.8, 4) is 16.9 Å². The molecule has 1 aliphatic heterocycles. The molecule has 1 aliphatic rings. The third-order valence-corrected chi connectivity index (χ3v) is 6.46. The van der Waals surface area contributed by atoms with Crippen LogP contribution in [0, 0.1) is 5.82 Å². The SMILES string of the molecule is C=CCOc1cccc(C(=O)N2CCc3c(cc(-c4ccccc4F)c(=O)n3Cc3ccncc3)C2)c1. The molecule has 2 aromatic heterocycles. The van der Waals surface area contributed by atoms with Gasteiger partial charge in [0.2, 0.25) is 0 Å². The molecule has 2 aromatic carbocycles. The second kappa shape index (κ2) is 10.6. The maximum Gasteiger partial charge on any atom is 0.259 e. The third kappa shape index (κ3) is 5.07. The lowest BCUT2D eigenvalue weighted by atomic mass is 9.98. The minimum atomic E-state index is -0.463. The van der Waals surface area contributed by atoms with Crippen molar-refractivity contribution in [2.24, 2.45) is 0 Å². The molecule has 1 amide bonds. The molecule has 4 aromatic rings. The highest BCUT2D eigenvalue weighted by atomic mass is 19.1. The van der Waals surface area contributed by atoms with Gasteiger partial charge in [0, 0.05) is 48.7 Å². The summed E-state index contributed by atoms with van der Waals surface area (Å²) in [5.74, 6) is 0.000286. The van der Waals surface area contributed by atoms with Crippen LogP contribution < -0.4 is 10.3 Å². The van der Waals surface area contributed by atoms with Crippen LogP contribution in [0.4, 0.5) is 4.39 Å². The molecule has 3 heterocycles. The second-order valence-electron chi connectivity index (χ2n) is 8.86. The fourth-order valence-electron chi connectivity index (χ4n) is 4.66. The van der Waals surface area contributed by atoms with Crippen molar-refractivity contribution in [1.29, 1.82) is 0 Å². The number of halogens is 1. The monoisotopic (exact) mass is 495 g/mol. The first-order valence-corrected chi connectivity index (χ1v) is 12.1. The quantitative estimate of drug-likeness (QED) is 0.344. The summed E-state index contributed by atoms with van der Waals surface area (Å²) in [6.45, 7) is 5.10. The van der Waals surface area contributed by atoms with E-state index in [1.807, 2.05) is 12.1 Å². The standard InChI is InChI=1S/C30H26FN3O3/c1-2-16-37-24-7-5-6-22(17-24)29(35)33-15-12-28-23(20-33)18-26(25-8-3-4-9-27(25)31)30(36)34(28)19-21-10-13-32-14-11-21/h2-11,13-14,17-18H,1,12,15-16,19-20H2. The van der Waals surface area contributed by atoms with E-state index >= 15 is 0 Å². The molecule has 6 nitrogen and oxygen atoms in total. The number of carbonyl (C=O) groups excluding carboxylic acids is 1. The van der Waals surface area contributed by atoms with Crippen molar-refractivity contribution in [2.75, 3.05) is 13.2 Å². The molecule has 5 rings (SSSR count). The highest BCUT2D eigenvalue weighted by molar-refractivity contribution is 5.94. The van der Waals surface area contributed by atoms with Crippen molar-refractivity contribution in [1.82, 2.24) is 14.5 Å². The van der Waals surface area contributed by atoms with Gasteiger partial charge in [0.15, 0.2) is 0 Å². The van der Waals surface area contributed by atoms with Gasteiger partial charge in [0.25, 0.3) is 11.5 Å². The zero-order valence-electron chi connectivity index (χ0n) is 20.3. The van der Waals surface area contributed by atoms with Crippen LogP contribution in [0.3, 0.4) is 0 Å². The van der Waals surface area contributed by atoms with Crippen LogP contribution in [0.25, 0.3) is 11.1 Å². The lowest BCUT2D eigenvalue weighted by Crippen LogP contribution is -2.39. The molecule has 0 radical (unpaired) electrons. The zero-order valence-corrected chi connectivity index (χ0v) is 20.3. The maximum absolute atomic E-state index is 14.8. The Balaban J connectivity index is 1.53. The van der Waals surface area contributed by atoms with E-state index in [-0.39, 0.29) is 22.6 Å². The van der Waals surface area contributed by atoms with E-state index in [1.165, 1.54) is 6.07 Å². The number of amides is 1. The summed E-state index contributed by atoms with van der Waals surface area (Å²) in [7, 11) is 0. The van der Waals surface area contributed by atoms with Gasteiger partial charge < -0.3 is 14.2 Å². The van der Waals surface area contributed by atoms with Gasteiger partial charge in [-0.2, -0.15) is 0 Å². The van der Waals surface area contributed by atoms with Gasteiger partial charge in [0.1, 0.15) is 18.2 Å². The van der Waals surface area contributed by atoms with Gasteiger partial charge in [-0.05, 0) is 53.6 Å². The summed E-state index contributed by atoms with van der Waals surface area (Å²) in [6.07, 6.45) is 5.52. The van der Waals surface area contributed by atoms with Crippen LogP contribution in [0.15, 0.2) is 96.6 Å². The maximum atomic E-state index is 14.8. The molecular formula is C30H26FN3O3. The first-order valence-electron chi connectivity index (χ1n) is 12.1. The van der Waals surface area contributed by atoms with Crippen molar-refractivity contribution < 1.29 is 13.9 Å². The summed E-state index contributed by atoms with van der Waals surface area (Å²) < 4.78 is 22.1. The van der Waals surface area contributed by atoms with Crippen molar-refractivity contribution >= 4 is 5.91 Å². The predicted octanol–water partition coefficient (Wildman–Crippen LogP) is 4.86. The topological polar surface area (TPSA) is 64.4 Å². The average molecular weight is 496 g/mol. The lowest BCUT2D eigenvalue weighted by molar-refractivity contribution is 0.0731. The van der Waals surface area contributed by atoms with Crippen LogP contribution in [0.1, 0.15) is 27.2 Å². The van der Waals surface area contributed by atoms with Crippen LogP contribution in [0.5, 0.6) is 5.75 Å². The smallest absolute Gasteiger partial charge is 0.259 e. The molecular weight excluding hydrogens is 469 g/mol. The van der Waals surface area contributed by atoms with E-state index < -0.39 is 5.82 Å². The number of pyridine rings is 2. The Kier molecular flexibility index (Phi) is 6.94. The van der Waals surface area contributed by atoms with Gasteiger partial charge in [0.05, 0.1) is 12.1 Å². The Hall–Kier alpha value is -4.52. The Morgan fingerprint density at radius 1 is 1.05 bits per heavy atom. The molecule has 0 spiro atoms. The van der Waals surface area contributed by atoms with E-state index in [1.54, 1.807) is 76.5 Å². The molecule has 7 heteroatoms. The summed E-state index contributed by atoms with van der Waals surface area (Å²) in [6, 6.07) is 18.8. The average Bonchev–Trinajstić information content (AvgIpc) is 2.94. The van der Waals surface area contributed by atoms with E-state index in [4.69, 9.17) is 4.74 Å². The summed E-state index contributed by atoms with van der Waals surface area (Å²) in [4.78, 5) is 32.9. The lowest BCUT2D eigenvalue weighted by Gasteiger charge is -2.31. The van der Waals surface area contributed by atoms with Crippen LogP contribution >= 0.6 is 0 Å². The number of rotatable bonds is 7. The third-order valence-electron chi connectivity index (χ3n) is 6.46. The highest BCUT2D eigenvalue weighted by Crippen LogP contribution is 2.27. The van der Waals surface area contributed by atoms with Crippen molar-refractivity contribution in [3.63, 3.8) is 0 Å². The van der Waals surface area contributed by atoms with E-state index in [2.05, 4.69) is 11.6 Å². The number of ether oxygens (including phenoxy) is 1. The molecule has 0 unspecified atom stereocenters. The van der Waals surface area contributed by atoms with E-state index in [9.17, 15) is 14.0 Å². The molecule has 0 saturated heterocycles. The highest BCUT2D eigenvalue weighted by Gasteiger charge is 2.26. The first-order chi connectivity index (χ1) is 18.0. The number of hydrogen-bond donors (Lipinski definition) is 0. The van der Waals surface area contributed by atoms with Crippen molar-refractivity contribution in [2.45, 2.75) is 19.5 Å². The number of fused-ring (bicyclic) bond motifs is 1. The first kappa shape index (κ1) is 24.2. The van der Waals surface area contributed by atoms with E-state index in [0.29, 0.717) is 44.0 Å². The molecule has 0 fully saturated rings. The Morgan fingerprint density at radius 2 is 1.86 bits per heavy atom. The summed E-state index contributed by atoms with van der Waals surface area (Å²) >= 11 is 0. The summed E-state index contributed by atoms with van der Waals surface area (Å²) in [5, 5.41) is 0. The van der Waals surface area contributed by atoms with Gasteiger partial charge in [-0.25, -0.2) is 4.39 Å².